The molecule has 4 nitrogen and oxygen atoms in total. The molecular formula is C17H27NO3. The third-order valence-corrected chi connectivity index (χ3v) is 3.94. The number of aliphatic hydroxyl groups excluding tert-OH is 1. The molecule has 21 heavy (non-hydrogen) atoms. The second-order valence-corrected chi connectivity index (χ2v) is 6.29. The van der Waals surface area contributed by atoms with Crippen molar-refractivity contribution in [2.45, 2.75) is 40.2 Å². The summed E-state index contributed by atoms with van der Waals surface area (Å²) in [6.07, 6.45) is 0.600. The molecule has 1 aromatic carbocycles. The van der Waals surface area contributed by atoms with Gasteiger partial charge in [-0.1, -0.05) is 39.0 Å². The Hall–Kier alpha value is -1.55. The van der Waals surface area contributed by atoms with Crippen LogP contribution in [0.5, 0.6) is 5.75 Å². The number of aliphatic hydroxyl groups is 1. The molecule has 2 atom stereocenters. The highest BCUT2D eigenvalue weighted by Crippen LogP contribution is 2.28. The maximum absolute atomic E-state index is 12.5. The van der Waals surface area contributed by atoms with E-state index in [4.69, 9.17) is 9.84 Å². The fourth-order valence-corrected chi connectivity index (χ4v) is 2.11. The van der Waals surface area contributed by atoms with Crippen LogP contribution >= 0.6 is 0 Å². The number of methoxy groups -OCH3 is 1. The van der Waals surface area contributed by atoms with E-state index in [1.165, 1.54) is 0 Å². The summed E-state index contributed by atoms with van der Waals surface area (Å²) in [4.78, 5) is 12.5. The molecule has 1 amide bonds. The van der Waals surface area contributed by atoms with Gasteiger partial charge in [-0.25, -0.2) is 0 Å². The summed E-state index contributed by atoms with van der Waals surface area (Å²) in [5.74, 6) is 0.826. The lowest BCUT2D eigenvalue weighted by molar-refractivity contribution is -0.130. The summed E-state index contributed by atoms with van der Waals surface area (Å²) in [6.45, 7) is 7.74. The van der Waals surface area contributed by atoms with Crippen LogP contribution in [-0.4, -0.2) is 30.8 Å². The van der Waals surface area contributed by atoms with Crippen LogP contribution in [0.4, 0.5) is 0 Å². The number of carbonyl (C=O) groups is 1. The molecule has 0 heterocycles. The van der Waals surface area contributed by atoms with Gasteiger partial charge in [0.2, 0.25) is 5.91 Å². The van der Waals surface area contributed by atoms with Crippen LogP contribution in [0.2, 0.25) is 0 Å². The van der Waals surface area contributed by atoms with Crippen molar-refractivity contribution in [3.63, 3.8) is 0 Å². The van der Waals surface area contributed by atoms with Crippen LogP contribution < -0.4 is 10.1 Å². The van der Waals surface area contributed by atoms with Gasteiger partial charge in [0.1, 0.15) is 5.75 Å². The number of benzene rings is 1. The number of amides is 1. The average molecular weight is 293 g/mol. The Morgan fingerprint density at radius 2 is 1.95 bits per heavy atom. The monoisotopic (exact) mass is 293 g/mol. The Labute approximate surface area is 127 Å². The molecule has 0 aliphatic heterocycles. The van der Waals surface area contributed by atoms with Gasteiger partial charge in [0.05, 0.1) is 7.11 Å². The molecule has 0 spiro atoms. The predicted molar refractivity (Wildman–Crippen MR) is 84.3 cm³/mol. The van der Waals surface area contributed by atoms with Crippen LogP contribution in [0.3, 0.4) is 0 Å². The maximum Gasteiger partial charge on any atom is 0.226 e. The van der Waals surface area contributed by atoms with Crippen molar-refractivity contribution in [3.8, 4) is 5.75 Å². The number of nitrogens with one attached hydrogen (secondary N) is 1. The molecule has 0 fully saturated rings. The SMILES string of the molecule is COc1ccccc1CC(C)(C)C(=O)NC(C)C(C)CO. The first-order chi connectivity index (χ1) is 9.81. The Kier molecular flexibility index (Phi) is 6.21. The average Bonchev–Trinajstić information content (AvgIpc) is 2.46. The van der Waals surface area contributed by atoms with E-state index < -0.39 is 5.41 Å². The largest absolute Gasteiger partial charge is 0.496 e. The summed E-state index contributed by atoms with van der Waals surface area (Å²) in [5.41, 5.74) is 0.473. The molecule has 2 unspecified atom stereocenters. The number of hydrogen-bond acceptors (Lipinski definition) is 3. The maximum atomic E-state index is 12.5. The number of carbonyl (C=O) groups excluding carboxylic acids is 1. The lowest BCUT2D eigenvalue weighted by Crippen LogP contribution is -2.45. The van der Waals surface area contributed by atoms with Crippen LogP contribution in [0.25, 0.3) is 0 Å². The first kappa shape index (κ1) is 17.5. The molecule has 0 aliphatic carbocycles. The van der Waals surface area contributed by atoms with Gasteiger partial charge in [-0.2, -0.15) is 0 Å². The van der Waals surface area contributed by atoms with Crippen molar-refractivity contribution in [3.05, 3.63) is 29.8 Å². The minimum Gasteiger partial charge on any atom is -0.496 e. The molecule has 0 bridgehead atoms. The van der Waals surface area contributed by atoms with E-state index >= 15 is 0 Å². The van der Waals surface area contributed by atoms with E-state index in [9.17, 15) is 4.79 Å². The Bertz CT molecular complexity index is 471. The van der Waals surface area contributed by atoms with E-state index in [1.54, 1.807) is 7.11 Å². The highest BCUT2D eigenvalue weighted by molar-refractivity contribution is 5.82. The van der Waals surface area contributed by atoms with E-state index in [1.807, 2.05) is 52.0 Å². The minimum absolute atomic E-state index is 0.0128. The summed E-state index contributed by atoms with van der Waals surface area (Å²) in [6, 6.07) is 7.69. The summed E-state index contributed by atoms with van der Waals surface area (Å²) < 4.78 is 5.34. The van der Waals surface area contributed by atoms with Gasteiger partial charge in [0.25, 0.3) is 0 Å². The van der Waals surface area contributed by atoms with E-state index in [-0.39, 0.29) is 24.5 Å². The highest BCUT2D eigenvalue weighted by Gasteiger charge is 2.30. The van der Waals surface area contributed by atoms with Crippen molar-refractivity contribution in [1.29, 1.82) is 0 Å². The molecule has 2 N–H and O–H groups in total. The van der Waals surface area contributed by atoms with Crippen LogP contribution in [0, 0.1) is 11.3 Å². The number of ether oxygens (including phenoxy) is 1. The number of para-hydroxylation sites is 1. The van der Waals surface area contributed by atoms with Crippen LogP contribution in [0.15, 0.2) is 24.3 Å². The number of hydrogen-bond donors (Lipinski definition) is 2. The Balaban J connectivity index is 2.78. The molecule has 0 aliphatic rings. The fraction of sp³-hybridized carbons (Fsp3) is 0.588. The van der Waals surface area contributed by atoms with E-state index in [0.717, 1.165) is 11.3 Å². The lowest BCUT2D eigenvalue weighted by atomic mass is 9.84. The number of rotatable bonds is 7. The smallest absolute Gasteiger partial charge is 0.226 e. The zero-order valence-electron chi connectivity index (χ0n) is 13.6. The predicted octanol–water partition coefficient (Wildman–Crippen LogP) is 2.40. The van der Waals surface area contributed by atoms with Crippen LogP contribution in [0.1, 0.15) is 33.3 Å². The van der Waals surface area contributed by atoms with Crippen molar-refractivity contribution < 1.29 is 14.6 Å². The van der Waals surface area contributed by atoms with Gasteiger partial charge in [-0.05, 0) is 30.9 Å². The normalized spacial score (nSPS) is 14.4. The van der Waals surface area contributed by atoms with Crippen molar-refractivity contribution >= 4 is 5.91 Å². The first-order valence-corrected chi connectivity index (χ1v) is 7.35. The Morgan fingerprint density at radius 1 is 1.33 bits per heavy atom. The minimum atomic E-state index is -0.544. The van der Waals surface area contributed by atoms with E-state index in [0.29, 0.717) is 6.42 Å². The molecule has 118 valence electrons. The van der Waals surface area contributed by atoms with Crippen molar-refractivity contribution in [1.82, 2.24) is 5.32 Å². The van der Waals surface area contributed by atoms with Gasteiger partial charge < -0.3 is 15.2 Å². The molecule has 0 saturated heterocycles. The third kappa shape index (κ3) is 4.74. The molecule has 0 radical (unpaired) electrons. The molecule has 0 saturated carbocycles. The molecule has 1 rings (SSSR count). The second kappa shape index (κ2) is 7.46. The standard InChI is InChI=1S/C17H27NO3/c1-12(11-19)13(2)18-16(20)17(3,4)10-14-8-6-7-9-15(14)21-5/h6-9,12-13,19H,10-11H2,1-5H3,(H,18,20). The second-order valence-electron chi connectivity index (χ2n) is 6.29. The van der Waals surface area contributed by atoms with Crippen molar-refractivity contribution in [2.24, 2.45) is 11.3 Å². The highest BCUT2D eigenvalue weighted by atomic mass is 16.5. The van der Waals surface area contributed by atoms with Gasteiger partial charge in [0.15, 0.2) is 0 Å². The zero-order valence-corrected chi connectivity index (χ0v) is 13.6. The quantitative estimate of drug-likeness (QED) is 0.811. The van der Waals surface area contributed by atoms with Gasteiger partial charge in [-0.15, -0.1) is 0 Å². The van der Waals surface area contributed by atoms with Crippen LogP contribution in [-0.2, 0) is 11.2 Å². The van der Waals surface area contributed by atoms with Crippen molar-refractivity contribution in [2.75, 3.05) is 13.7 Å². The van der Waals surface area contributed by atoms with E-state index in [2.05, 4.69) is 5.32 Å². The lowest BCUT2D eigenvalue weighted by Gasteiger charge is -2.28. The molecular weight excluding hydrogens is 266 g/mol. The first-order valence-electron chi connectivity index (χ1n) is 7.35. The third-order valence-electron chi connectivity index (χ3n) is 3.94. The zero-order chi connectivity index (χ0) is 16.0. The fourth-order valence-electron chi connectivity index (χ4n) is 2.11. The van der Waals surface area contributed by atoms with Gasteiger partial charge in [-0.3, -0.25) is 4.79 Å². The molecule has 4 heteroatoms. The summed E-state index contributed by atoms with van der Waals surface area (Å²) >= 11 is 0. The topological polar surface area (TPSA) is 58.6 Å². The Morgan fingerprint density at radius 3 is 2.52 bits per heavy atom. The molecule has 1 aromatic rings. The van der Waals surface area contributed by atoms with Gasteiger partial charge >= 0.3 is 0 Å². The summed E-state index contributed by atoms with van der Waals surface area (Å²) in [7, 11) is 1.64. The van der Waals surface area contributed by atoms with Gasteiger partial charge in [0, 0.05) is 18.1 Å². The molecule has 0 aromatic heterocycles. The summed E-state index contributed by atoms with van der Waals surface area (Å²) in [5, 5.41) is 12.1.